The molecular formula is C16H23NO. The second kappa shape index (κ2) is 6.67. The Morgan fingerprint density at radius 2 is 2.06 bits per heavy atom. The summed E-state index contributed by atoms with van der Waals surface area (Å²) >= 11 is 0. The van der Waals surface area contributed by atoms with E-state index in [0.717, 1.165) is 17.8 Å². The fraction of sp³-hybridized carbons (Fsp3) is 0.625. The van der Waals surface area contributed by atoms with E-state index in [0.29, 0.717) is 12.3 Å². The highest BCUT2D eigenvalue weighted by Crippen LogP contribution is 2.36. The Morgan fingerprint density at radius 1 is 1.28 bits per heavy atom. The van der Waals surface area contributed by atoms with Gasteiger partial charge in [-0.3, -0.25) is 4.98 Å². The van der Waals surface area contributed by atoms with Crippen molar-refractivity contribution in [1.82, 2.24) is 4.98 Å². The summed E-state index contributed by atoms with van der Waals surface area (Å²) in [6.45, 7) is 2.28. The summed E-state index contributed by atoms with van der Waals surface area (Å²) in [7, 11) is 0. The molecule has 0 aromatic carbocycles. The van der Waals surface area contributed by atoms with Gasteiger partial charge in [0, 0.05) is 24.2 Å². The van der Waals surface area contributed by atoms with E-state index in [4.69, 9.17) is 0 Å². The first-order valence-corrected chi connectivity index (χ1v) is 7.22. The van der Waals surface area contributed by atoms with E-state index >= 15 is 0 Å². The second-order valence-electron chi connectivity index (χ2n) is 5.47. The number of hydrogen-bond acceptors (Lipinski definition) is 2. The predicted octanol–water partition coefficient (Wildman–Crippen LogP) is 3.90. The van der Waals surface area contributed by atoms with Gasteiger partial charge in [-0.2, -0.15) is 0 Å². The van der Waals surface area contributed by atoms with Gasteiger partial charge in [-0.05, 0) is 43.2 Å². The number of rotatable bonds is 5. The SMILES string of the molecule is CCCC1CCC(c2ccc(CC=O)cn2)CC1. The van der Waals surface area contributed by atoms with Gasteiger partial charge in [0.25, 0.3) is 0 Å². The summed E-state index contributed by atoms with van der Waals surface area (Å²) in [5, 5.41) is 0. The number of nitrogens with zero attached hydrogens (tertiary/aromatic N) is 1. The average molecular weight is 245 g/mol. The largest absolute Gasteiger partial charge is 0.303 e. The molecule has 1 saturated carbocycles. The Morgan fingerprint density at radius 3 is 2.61 bits per heavy atom. The van der Waals surface area contributed by atoms with E-state index in [9.17, 15) is 4.79 Å². The zero-order valence-corrected chi connectivity index (χ0v) is 11.3. The van der Waals surface area contributed by atoms with Crippen molar-refractivity contribution in [2.45, 2.75) is 57.8 Å². The third-order valence-electron chi connectivity index (χ3n) is 4.13. The molecule has 1 heterocycles. The van der Waals surface area contributed by atoms with Gasteiger partial charge in [0.2, 0.25) is 0 Å². The molecule has 2 nitrogen and oxygen atoms in total. The molecule has 0 aliphatic heterocycles. The molecule has 0 saturated heterocycles. The highest BCUT2D eigenvalue weighted by Gasteiger charge is 2.22. The Hall–Kier alpha value is -1.18. The van der Waals surface area contributed by atoms with Crippen LogP contribution in [0.15, 0.2) is 18.3 Å². The van der Waals surface area contributed by atoms with Gasteiger partial charge in [-0.25, -0.2) is 0 Å². The van der Waals surface area contributed by atoms with Gasteiger partial charge in [0.15, 0.2) is 0 Å². The molecule has 0 N–H and O–H groups in total. The molecule has 1 aliphatic rings. The number of aldehydes is 1. The molecule has 0 spiro atoms. The van der Waals surface area contributed by atoms with Crippen molar-refractivity contribution in [3.63, 3.8) is 0 Å². The summed E-state index contributed by atoms with van der Waals surface area (Å²) in [5.74, 6) is 1.59. The zero-order chi connectivity index (χ0) is 12.8. The fourth-order valence-electron chi connectivity index (χ4n) is 3.05. The van der Waals surface area contributed by atoms with Crippen LogP contribution in [0.5, 0.6) is 0 Å². The normalized spacial score (nSPS) is 23.8. The highest BCUT2D eigenvalue weighted by molar-refractivity contribution is 5.54. The quantitative estimate of drug-likeness (QED) is 0.736. The van der Waals surface area contributed by atoms with Crippen molar-refractivity contribution >= 4 is 6.29 Å². The first kappa shape index (κ1) is 13.3. The third-order valence-corrected chi connectivity index (χ3v) is 4.13. The standard InChI is InChI=1S/C16H23NO/c1-2-3-13-4-7-15(8-5-13)16-9-6-14(10-11-18)12-17-16/h6,9,11-13,15H,2-5,7-8,10H2,1H3. The van der Waals surface area contributed by atoms with Crippen molar-refractivity contribution in [2.24, 2.45) is 5.92 Å². The Balaban J connectivity index is 1.90. The monoisotopic (exact) mass is 245 g/mol. The van der Waals surface area contributed by atoms with E-state index in [-0.39, 0.29) is 0 Å². The maximum atomic E-state index is 10.4. The van der Waals surface area contributed by atoms with Crippen LogP contribution in [0.1, 0.15) is 62.6 Å². The van der Waals surface area contributed by atoms with Crippen LogP contribution in [-0.2, 0) is 11.2 Å². The molecule has 1 aromatic rings. The molecule has 1 fully saturated rings. The Kier molecular flexibility index (Phi) is 4.91. The lowest BCUT2D eigenvalue weighted by Gasteiger charge is -2.28. The summed E-state index contributed by atoms with van der Waals surface area (Å²) in [5.41, 5.74) is 2.24. The Labute approximate surface area is 110 Å². The van der Waals surface area contributed by atoms with Crippen LogP contribution in [0.3, 0.4) is 0 Å². The number of pyridine rings is 1. The summed E-state index contributed by atoms with van der Waals surface area (Å²) in [6.07, 6.45) is 11.3. The number of aromatic nitrogens is 1. The van der Waals surface area contributed by atoms with Crippen molar-refractivity contribution in [3.05, 3.63) is 29.6 Å². The van der Waals surface area contributed by atoms with Gasteiger partial charge < -0.3 is 4.79 Å². The number of hydrogen-bond donors (Lipinski definition) is 0. The fourth-order valence-corrected chi connectivity index (χ4v) is 3.05. The molecule has 0 amide bonds. The Bertz CT molecular complexity index is 363. The van der Waals surface area contributed by atoms with Gasteiger partial charge in [-0.15, -0.1) is 0 Å². The van der Waals surface area contributed by atoms with Gasteiger partial charge >= 0.3 is 0 Å². The minimum absolute atomic E-state index is 0.483. The van der Waals surface area contributed by atoms with Crippen LogP contribution in [0, 0.1) is 5.92 Å². The maximum absolute atomic E-state index is 10.4. The van der Waals surface area contributed by atoms with Crippen molar-refractivity contribution in [3.8, 4) is 0 Å². The molecule has 1 aromatic heterocycles. The second-order valence-corrected chi connectivity index (χ2v) is 5.47. The summed E-state index contributed by atoms with van der Waals surface area (Å²) in [4.78, 5) is 15.0. The van der Waals surface area contributed by atoms with Crippen molar-refractivity contribution in [1.29, 1.82) is 0 Å². The van der Waals surface area contributed by atoms with Gasteiger partial charge in [-0.1, -0.05) is 25.8 Å². The van der Waals surface area contributed by atoms with Crippen molar-refractivity contribution in [2.75, 3.05) is 0 Å². The first-order valence-electron chi connectivity index (χ1n) is 7.22. The molecule has 0 bridgehead atoms. The molecule has 2 heteroatoms. The average Bonchev–Trinajstić information content (AvgIpc) is 2.41. The molecule has 0 unspecified atom stereocenters. The first-order chi connectivity index (χ1) is 8.83. The van der Waals surface area contributed by atoms with Crippen LogP contribution in [0.2, 0.25) is 0 Å². The van der Waals surface area contributed by atoms with E-state index in [1.54, 1.807) is 0 Å². The highest BCUT2D eigenvalue weighted by atomic mass is 16.1. The molecule has 98 valence electrons. The lowest BCUT2D eigenvalue weighted by atomic mass is 9.78. The van der Waals surface area contributed by atoms with E-state index in [2.05, 4.69) is 24.0 Å². The van der Waals surface area contributed by atoms with Crippen LogP contribution in [-0.4, -0.2) is 11.3 Å². The summed E-state index contributed by atoms with van der Waals surface area (Å²) in [6, 6.07) is 4.17. The molecule has 1 aliphatic carbocycles. The van der Waals surface area contributed by atoms with Gasteiger partial charge in [0.05, 0.1) is 0 Å². The molecule has 0 radical (unpaired) electrons. The molecule has 0 atom stereocenters. The van der Waals surface area contributed by atoms with E-state index in [1.165, 1.54) is 44.2 Å². The topological polar surface area (TPSA) is 30.0 Å². The van der Waals surface area contributed by atoms with Crippen LogP contribution in [0.4, 0.5) is 0 Å². The summed E-state index contributed by atoms with van der Waals surface area (Å²) < 4.78 is 0. The molecular weight excluding hydrogens is 222 g/mol. The number of carbonyl (C=O) groups excluding carboxylic acids is 1. The minimum Gasteiger partial charge on any atom is -0.303 e. The van der Waals surface area contributed by atoms with E-state index < -0.39 is 0 Å². The van der Waals surface area contributed by atoms with Crippen LogP contribution in [0.25, 0.3) is 0 Å². The van der Waals surface area contributed by atoms with E-state index in [1.807, 2.05) is 6.20 Å². The lowest BCUT2D eigenvalue weighted by molar-refractivity contribution is -0.107. The maximum Gasteiger partial charge on any atom is 0.124 e. The minimum atomic E-state index is 0.483. The van der Waals surface area contributed by atoms with Gasteiger partial charge in [0.1, 0.15) is 6.29 Å². The third kappa shape index (κ3) is 3.41. The zero-order valence-electron chi connectivity index (χ0n) is 11.3. The molecule has 2 rings (SSSR count). The van der Waals surface area contributed by atoms with Crippen LogP contribution >= 0.6 is 0 Å². The predicted molar refractivity (Wildman–Crippen MR) is 73.6 cm³/mol. The number of carbonyl (C=O) groups is 1. The lowest BCUT2D eigenvalue weighted by Crippen LogP contribution is -2.14. The smallest absolute Gasteiger partial charge is 0.124 e. The van der Waals surface area contributed by atoms with Crippen LogP contribution < -0.4 is 0 Å². The molecule has 18 heavy (non-hydrogen) atoms. The van der Waals surface area contributed by atoms with Crippen molar-refractivity contribution < 1.29 is 4.79 Å².